The number of likely N-dealkylation sites (N-methyl/N-ethyl adjacent to an activating group) is 1. The fraction of sp³-hybridized carbons (Fsp3) is 0.222. The van der Waals surface area contributed by atoms with E-state index in [9.17, 15) is 9.59 Å². The Morgan fingerprint density at radius 2 is 1.88 bits per heavy atom. The van der Waals surface area contributed by atoms with Crippen LogP contribution >= 0.6 is 31.9 Å². The first-order valence-corrected chi connectivity index (χ1v) is 9.44. The van der Waals surface area contributed by atoms with Gasteiger partial charge in [0.15, 0.2) is 12.7 Å². The second-order valence-electron chi connectivity index (χ2n) is 5.53. The maximum atomic E-state index is 12.8. The van der Waals surface area contributed by atoms with Crippen molar-refractivity contribution in [2.75, 3.05) is 25.1 Å². The van der Waals surface area contributed by atoms with Crippen molar-refractivity contribution in [2.45, 2.75) is 6.10 Å². The summed E-state index contributed by atoms with van der Waals surface area (Å²) in [6, 6.07) is 12.6. The number of carbonyl (C=O) groups excluding carboxylic acids is 2. The molecule has 1 aliphatic heterocycles. The molecule has 0 aromatic heterocycles. The SMILES string of the molecule is CNC(=O)C1CN(C(=O)COc2c(Br)cccc2Br)c2ccccc2O1. The van der Waals surface area contributed by atoms with Crippen LogP contribution < -0.4 is 19.7 Å². The summed E-state index contributed by atoms with van der Waals surface area (Å²) >= 11 is 6.81. The molecule has 6 nitrogen and oxygen atoms in total. The molecule has 1 heterocycles. The van der Waals surface area contributed by atoms with Crippen LogP contribution in [0.3, 0.4) is 0 Å². The van der Waals surface area contributed by atoms with E-state index in [1.54, 1.807) is 18.2 Å². The van der Waals surface area contributed by atoms with Gasteiger partial charge in [0.1, 0.15) is 11.5 Å². The predicted octanol–water partition coefficient (Wildman–Crippen LogP) is 3.13. The lowest BCUT2D eigenvalue weighted by Gasteiger charge is -2.34. The molecule has 1 atom stereocenters. The number of para-hydroxylation sites is 3. The summed E-state index contributed by atoms with van der Waals surface area (Å²) in [5, 5.41) is 2.55. The van der Waals surface area contributed by atoms with E-state index < -0.39 is 6.10 Å². The Morgan fingerprint density at radius 1 is 1.19 bits per heavy atom. The van der Waals surface area contributed by atoms with Crippen molar-refractivity contribution in [3.8, 4) is 11.5 Å². The molecule has 136 valence electrons. The van der Waals surface area contributed by atoms with E-state index in [2.05, 4.69) is 37.2 Å². The van der Waals surface area contributed by atoms with Gasteiger partial charge in [-0.1, -0.05) is 18.2 Å². The highest BCUT2D eigenvalue weighted by Crippen LogP contribution is 2.35. The zero-order valence-electron chi connectivity index (χ0n) is 13.9. The van der Waals surface area contributed by atoms with Gasteiger partial charge in [-0.2, -0.15) is 0 Å². The monoisotopic (exact) mass is 482 g/mol. The number of halogens is 2. The summed E-state index contributed by atoms with van der Waals surface area (Å²) in [6.07, 6.45) is -0.769. The number of amides is 2. The van der Waals surface area contributed by atoms with Gasteiger partial charge in [0.25, 0.3) is 11.8 Å². The molecule has 26 heavy (non-hydrogen) atoms. The predicted molar refractivity (Wildman–Crippen MR) is 105 cm³/mol. The van der Waals surface area contributed by atoms with Crippen LogP contribution in [0.4, 0.5) is 5.69 Å². The zero-order chi connectivity index (χ0) is 18.7. The van der Waals surface area contributed by atoms with Crippen LogP contribution in [-0.2, 0) is 9.59 Å². The molecule has 1 aliphatic rings. The lowest BCUT2D eigenvalue weighted by Crippen LogP contribution is -2.51. The van der Waals surface area contributed by atoms with Crippen molar-refractivity contribution in [1.29, 1.82) is 0 Å². The fourth-order valence-electron chi connectivity index (χ4n) is 2.60. The number of nitrogens with one attached hydrogen (secondary N) is 1. The lowest BCUT2D eigenvalue weighted by atomic mass is 10.1. The maximum Gasteiger partial charge on any atom is 0.265 e. The minimum absolute atomic E-state index is 0.121. The molecule has 1 unspecified atom stereocenters. The normalized spacial score (nSPS) is 15.7. The number of hydrogen-bond donors (Lipinski definition) is 1. The summed E-state index contributed by atoms with van der Waals surface area (Å²) in [7, 11) is 1.53. The molecule has 0 fully saturated rings. The average Bonchev–Trinajstić information content (AvgIpc) is 2.65. The van der Waals surface area contributed by atoms with Gasteiger partial charge in [0.05, 0.1) is 21.2 Å². The van der Waals surface area contributed by atoms with E-state index in [4.69, 9.17) is 9.47 Å². The number of anilines is 1. The van der Waals surface area contributed by atoms with Crippen LogP contribution in [0.2, 0.25) is 0 Å². The van der Waals surface area contributed by atoms with Crippen LogP contribution in [0.1, 0.15) is 0 Å². The van der Waals surface area contributed by atoms with Crippen LogP contribution in [0.15, 0.2) is 51.4 Å². The summed E-state index contributed by atoms with van der Waals surface area (Å²) in [6.45, 7) is -0.0496. The third kappa shape index (κ3) is 3.86. The first kappa shape index (κ1) is 18.7. The van der Waals surface area contributed by atoms with Crippen molar-refractivity contribution >= 4 is 49.4 Å². The highest BCUT2D eigenvalue weighted by Gasteiger charge is 2.33. The number of rotatable bonds is 4. The second-order valence-corrected chi connectivity index (χ2v) is 7.24. The quantitative estimate of drug-likeness (QED) is 0.725. The molecule has 0 aliphatic carbocycles. The molecular weight excluding hydrogens is 468 g/mol. The third-order valence-electron chi connectivity index (χ3n) is 3.87. The summed E-state index contributed by atoms with van der Waals surface area (Å²) in [5.74, 6) is 0.483. The molecule has 1 N–H and O–H groups in total. The Labute approximate surface area is 167 Å². The molecule has 0 saturated carbocycles. The van der Waals surface area contributed by atoms with Gasteiger partial charge in [-0.15, -0.1) is 0 Å². The highest BCUT2D eigenvalue weighted by molar-refractivity contribution is 9.11. The van der Waals surface area contributed by atoms with Gasteiger partial charge in [-0.25, -0.2) is 0 Å². The molecule has 2 aromatic carbocycles. The molecule has 0 spiro atoms. The highest BCUT2D eigenvalue weighted by atomic mass is 79.9. The van der Waals surface area contributed by atoms with E-state index in [-0.39, 0.29) is 25.0 Å². The first-order chi connectivity index (χ1) is 12.5. The van der Waals surface area contributed by atoms with E-state index in [0.29, 0.717) is 17.2 Å². The van der Waals surface area contributed by atoms with E-state index in [1.807, 2.05) is 24.3 Å². The average molecular weight is 484 g/mol. The molecule has 3 rings (SSSR count). The Balaban J connectivity index is 1.80. The largest absolute Gasteiger partial charge is 0.481 e. The van der Waals surface area contributed by atoms with Crippen LogP contribution in [0.5, 0.6) is 11.5 Å². The van der Waals surface area contributed by atoms with Crippen molar-refractivity contribution in [3.05, 3.63) is 51.4 Å². The molecule has 2 amide bonds. The Kier molecular flexibility index (Phi) is 5.83. The van der Waals surface area contributed by atoms with E-state index in [0.717, 1.165) is 8.95 Å². The van der Waals surface area contributed by atoms with Crippen LogP contribution in [0, 0.1) is 0 Å². The molecule has 2 aromatic rings. The number of carbonyl (C=O) groups is 2. The van der Waals surface area contributed by atoms with Gasteiger partial charge in [-0.3, -0.25) is 9.59 Å². The second kappa shape index (κ2) is 8.09. The van der Waals surface area contributed by atoms with Crippen molar-refractivity contribution in [3.63, 3.8) is 0 Å². The number of nitrogens with zero attached hydrogens (tertiary/aromatic N) is 1. The summed E-state index contributed by atoms with van der Waals surface area (Å²) < 4.78 is 12.9. The van der Waals surface area contributed by atoms with Crippen molar-refractivity contribution in [2.24, 2.45) is 0 Å². The first-order valence-electron chi connectivity index (χ1n) is 7.85. The van der Waals surface area contributed by atoms with Gasteiger partial charge in [0, 0.05) is 7.05 Å². The minimum Gasteiger partial charge on any atom is -0.481 e. The smallest absolute Gasteiger partial charge is 0.265 e. The summed E-state index contributed by atoms with van der Waals surface area (Å²) in [5.41, 5.74) is 0.618. The number of hydrogen-bond acceptors (Lipinski definition) is 4. The Morgan fingerprint density at radius 3 is 2.58 bits per heavy atom. The van der Waals surface area contributed by atoms with E-state index in [1.165, 1.54) is 11.9 Å². The number of fused-ring (bicyclic) bond motifs is 1. The molecule has 0 bridgehead atoms. The number of benzene rings is 2. The maximum absolute atomic E-state index is 12.8. The topological polar surface area (TPSA) is 67.9 Å². The van der Waals surface area contributed by atoms with Gasteiger partial charge in [-0.05, 0) is 56.1 Å². The molecule has 0 radical (unpaired) electrons. The van der Waals surface area contributed by atoms with Crippen molar-refractivity contribution in [1.82, 2.24) is 5.32 Å². The van der Waals surface area contributed by atoms with E-state index >= 15 is 0 Å². The third-order valence-corrected chi connectivity index (χ3v) is 5.12. The minimum atomic E-state index is -0.769. The van der Waals surface area contributed by atoms with Crippen LogP contribution in [-0.4, -0.2) is 38.1 Å². The number of ether oxygens (including phenoxy) is 2. The Hall–Kier alpha value is -2.06. The Bertz CT molecular complexity index is 823. The molecule has 0 saturated heterocycles. The zero-order valence-corrected chi connectivity index (χ0v) is 17.0. The van der Waals surface area contributed by atoms with Gasteiger partial charge < -0.3 is 19.7 Å². The standard InChI is InChI=1S/C18H16Br2N2O4/c1-21-18(24)15-9-22(13-7-2-3-8-14(13)26-15)16(23)10-25-17-11(19)5-4-6-12(17)20/h2-8,15H,9-10H2,1H3,(H,21,24). The lowest BCUT2D eigenvalue weighted by molar-refractivity contribution is -0.128. The summed E-state index contributed by atoms with van der Waals surface area (Å²) in [4.78, 5) is 26.3. The fourth-order valence-corrected chi connectivity index (χ4v) is 3.83. The molecule has 8 heteroatoms. The van der Waals surface area contributed by atoms with Gasteiger partial charge in [0.2, 0.25) is 0 Å². The van der Waals surface area contributed by atoms with Crippen molar-refractivity contribution < 1.29 is 19.1 Å². The van der Waals surface area contributed by atoms with Gasteiger partial charge >= 0.3 is 0 Å². The molecular formula is C18H16Br2N2O4. The van der Waals surface area contributed by atoms with Crippen LogP contribution in [0.25, 0.3) is 0 Å².